The maximum Gasteiger partial charge on any atom is 0.243 e. The first-order chi connectivity index (χ1) is 11.3. The number of rotatable bonds is 7. The number of primary amides is 1. The summed E-state index contributed by atoms with van der Waals surface area (Å²) < 4.78 is 32.0. The first-order valence-electron chi connectivity index (χ1n) is 7.31. The van der Waals surface area contributed by atoms with Crippen LogP contribution >= 0.6 is 0 Å². The fourth-order valence-electron chi connectivity index (χ4n) is 2.35. The van der Waals surface area contributed by atoms with Crippen molar-refractivity contribution in [3.8, 4) is 5.75 Å². The van der Waals surface area contributed by atoms with E-state index in [4.69, 9.17) is 10.5 Å². The summed E-state index contributed by atoms with van der Waals surface area (Å²) >= 11 is 0. The molecule has 24 heavy (non-hydrogen) atoms. The number of aryl methyl sites for hydroxylation is 1. The van der Waals surface area contributed by atoms with Crippen LogP contribution < -0.4 is 10.5 Å². The first kappa shape index (κ1) is 18.0. The number of hydrogen-bond acceptors (Lipinski definition) is 4. The van der Waals surface area contributed by atoms with E-state index in [-0.39, 0.29) is 18.0 Å². The molecule has 2 aromatic rings. The average molecular weight is 348 g/mol. The van der Waals surface area contributed by atoms with Crippen molar-refractivity contribution in [2.45, 2.75) is 18.4 Å². The van der Waals surface area contributed by atoms with Crippen molar-refractivity contribution < 1.29 is 17.9 Å². The van der Waals surface area contributed by atoms with Gasteiger partial charge in [-0.15, -0.1) is 0 Å². The van der Waals surface area contributed by atoms with Crippen LogP contribution in [0.4, 0.5) is 0 Å². The third-order valence-corrected chi connectivity index (χ3v) is 5.33. The van der Waals surface area contributed by atoms with Gasteiger partial charge in [0.2, 0.25) is 15.9 Å². The van der Waals surface area contributed by atoms with Crippen molar-refractivity contribution in [2.75, 3.05) is 13.7 Å². The molecule has 0 unspecified atom stereocenters. The summed E-state index contributed by atoms with van der Waals surface area (Å²) in [5.41, 5.74) is 6.70. The number of amides is 1. The smallest absolute Gasteiger partial charge is 0.243 e. The van der Waals surface area contributed by atoms with Gasteiger partial charge in [-0.25, -0.2) is 8.42 Å². The second kappa shape index (κ2) is 7.46. The van der Waals surface area contributed by atoms with Crippen LogP contribution in [0.5, 0.6) is 5.75 Å². The molecule has 0 bridgehead atoms. The Balaban J connectivity index is 2.39. The first-order valence-corrected chi connectivity index (χ1v) is 8.75. The van der Waals surface area contributed by atoms with Gasteiger partial charge in [-0.2, -0.15) is 4.31 Å². The Labute approximate surface area is 141 Å². The summed E-state index contributed by atoms with van der Waals surface area (Å²) in [6.45, 7) is 1.44. The van der Waals surface area contributed by atoms with E-state index in [1.165, 1.54) is 19.2 Å². The molecule has 0 spiro atoms. The van der Waals surface area contributed by atoms with Crippen molar-refractivity contribution in [2.24, 2.45) is 5.73 Å². The van der Waals surface area contributed by atoms with Crippen LogP contribution in [0.3, 0.4) is 0 Å². The predicted molar refractivity (Wildman–Crippen MR) is 91.0 cm³/mol. The lowest BCUT2D eigenvalue weighted by molar-refractivity contribution is -0.118. The maximum atomic E-state index is 12.9. The third-order valence-electron chi connectivity index (χ3n) is 3.54. The summed E-state index contributed by atoms with van der Waals surface area (Å²) in [6, 6.07) is 13.6. The van der Waals surface area contributed by atoms with E-state index in [9.17, 15) is 13.2 Å². The number of carbonyl (C=O) groups is 1. The molecule has 0 aromatic heterocycles. The minimum absolute atomic E-state index is 0.0667. The normalized spacial score (nSPS) is 11.5. The van der Waals surface area contributed by atoms with E-state index < -0.39 is 15.9 Å². The van der Waals surface area contributed by atoms with Crippen LogP contribution in [0.1, 0.15) is 11.1 Å². The molecule has 0 radical (unpaired) electrons. The van der Waals surface area contributed by atoms with Crippen molar-refractivity contribution >= 4 is 15.9 Å². The molecule has 0 saturated heterocycles. The minimum atomic E-state index is -3.86. The average Bonchev–Trinajstić information content (AvgIpc) is 2.54. The summed E-state index contributed by atoms with van der Waals surface area (Å²) in [5, 5.41) is 0. The Kier molecular flexibility index (Phi) is 5.58. The van der Waals surface area contributed by atoms with Crippen LogP contribution in [0.25, 0.3) is 0 Å². The molecule has 0 aliphatic carbocycles. The molecular weight excluding hydrogens is 328 g/mol. The van der Waals surface area contributed by atoms with Gasteiger partial charge in [0.25, 0.3) is 0 Å². The lowest BCUT2D eigenvalue weighted by Crippen LogP contribution is -2.38. The van der Waals surface area contributed by atoms with Gasteiger partial charge >= 0.3 is 0 Å². The Morgan fingerprint density at radius 1 is 1.17 bits per heavy atom. The van der Waals surface area contributed by atoms with E-state index in [0.717, 1.165) is 9.87 Å². The van der Waals surface area contributed by atoms with Gasteiger partial charge in [-0.05, 0) is 36.2 Å². The molecule has 7 heteroatoms. The largest absolute Gasteiger partial charge is 0.496 e. The highest BCUT2D eigenvalue weighted by Crippen LogP contribution is 2.24. The number of benzene rings is 2. The lowest BCUT2D eigenvalue weighted by Gasteiger charge is -2.21. The number of methoxy groups -OCH3 is 1. The van der Waals surface area contributed by atoms with Crippen LogP contribution in [-0.2, 0) is 21.4 Å². The number of ether oxygens (including phenoxy) is 1. The third kappa shape index (κ3) is 4.12. The van der Waals surface area contributed by atoms with Crippen molar-refractivity contribution in [1.29, 1.82) is 0 Å². The van der Waals surface area contributed by atoms with E-state index in [2.05, 4.69) is 0 Å². The second-order valence-corrected chi connectivity index (χ2v) is 7.29. The Hall–Kier alpha value is -2.38. The van der Waals surface area contributed by atoms with Gasteiger partial charge in [-0.1, -0.05) is 30.3 Å². The quantitative estimate of drug-likeness (QED) is 0.824. The number of nitrogens with zero attached hydrogens (tertiary/aromatic N) is 1. The van der Waals surface area contributed by atoms with Gasteiger partial charge < -0.3 is 10.5 Å². The lowest BCUT2D eigenvalue weighted by atomic mass is 10.2. The molecule has 0 saturated carbocycles. The summed E-state index contributed by atoms with van der Waals surface area (Å²) in [6.07, 6.45) is 0. The summed E-state index contributed by atoms with van der Waals surface area (Å²) in [7, 11) is -2.35. The van der Waals surface area contributed by atoms with Crippen molar-refractivity contribution in [3.63, 3.8) is 0 Å². The maximum absolute atomic E-state index is 12.9. The highest BCUT2D eigenvalue weighted by molar-refractivity contribution is 7.89. The highest BCUT2D eigenvalue weighted by atomic mass is 32.2. The molecule has 0 fully saturated rings. The topological polar surface area (TPSA) is 89.7 Å². The van der Waals surface area contributed by atoms with Crippen LogP contribution in [0.15, 0.2) is 53.4 Å². The number of carbonyl (C=O) groups excluding carboxylic acids is 1. The number of sulfonamides is 1. The predicted octanol–water partition coefficient (Wildman–Crippen LogP) is 1.68. The number of nitrogens with two attached hydrogens (primary N) is 1. The van der Waals surface area contributed by atoms with E-state index in [0.29, 0.717) is 11.3 Å². The molecular formula is C17H20N2O4S. The molecule has 0 aliphatic rings. The molecule has 2 N–H and O–H groups in total. The van der Waals surface area contributed by atoms with Crippen LogP contribution in [-0.4, -0.2) is 32.3 Å². The van der Waals surface area contributed by atoms with Crippen molar-refractivity contribution in [1.82, 2.24) is 4.31 Å². The van der Waals surface area contributed by atoms with E-state index >= 15 is 0 Å². The zero-order valence-corrected chi connectivity index (χ0v) is 14.4. The molecule has 6 nitrogen and oxygen atoms in total. The minimum Gasteiger partial charge on any atom is -0.496 e. The molecule has 0 heterocycles. The monoisotopic (exact) mass is 348 g/mol. The van der Waals surface area contributed by atoms with Gasteiger partial charge in [-0.3, -0.25) is 4.79 Å². The van der Waals surface area contributed by atoms with Gasteiger partial charge in [0.1, 0.15) is 5.75 Å². The van der Waals surface area contributed by atoms with Crippen LogP contribution in [0.2, 0.25) is 0 Å². The summed E-state index contributed by atoms with van der Waals surface area (Å²) in [5.74, 6) is -0.113. The zero-order chi connectivity index (χ0) is 17.7. The van der Waals surface area contributed by atoms with E-state index in [1.54, 1.807) is 25.1 Å². The highest BCUT2D eigenvalue weighted by Gasteiger charge is 2.26. The fourth-order valence-corrected chi connectivity index (χ4v) is 3.83. The Morgan fingerprint density at radius 2 is 1.83 bits per heavy atom. The van der Waals surface area contributed by atoms with Crippen molar-refractivity contribution in [3.05, 3.63) is 59.7 Å². The second-order valence-electron chi connectivity index (χ2n) is 5.36. The SMILES string of the molecule is COc1ccc(S(=O)(=O)N(CC(N)=O)Cc2ccccc2)cc1C. The Morgan fingerprint density at radius 3 is 2.38 bits per heavy atom. The number of hydrogen-bond donors (Lipinski definition) is 1. The molecule has 0 aliphatic heterocycles. The molecule has 0 atom stereocenters. The molecule has 128 valence electrons. The Bertz CT molecular complexity index is 820. The molecule has 1 amide bonds. The zero-order valence-electron chi connectivity index (χ0n) is 13.6. The van der Waals surface area contributed by atoms with Gasteiger partial charge in [0.15, 0.2) is 0 Å². The summed E-state index contributed by atoms with van der Waals surface area (Å²) in [4.78, 5) is 11.4. The standard InChI is InChI=1S/C17H20N2O4S/c1-13-10-15(8-9-16(13)23-2)24(21,22)19(12-17(18)20)11-14-6-4-3-5-7-14/h3-10H,11-12H2,1-2H3,(H2,18,20). The van der Waals surface area contributed by atoms with Gasteiger partial charge in [0.05, 0.1) is 18.6 Å². The fraction of sp³-hybridized carbons (Fsp3) is 0.235. The molecule has 2 aromatic carbocycles. The van der Waals surface area contributed by atoms with Gasteiger partial charge in [0, 0.05) is 6.54 Å². The van der Waals surface area contributed by atoms with E-state index in [1.807, 2.05) is 18.2 Å². The van der Waals surface area contributed by atoms with Crippen LogP contribution in [0, 0.1) is 6.92 Å². The molecule has 2 rings (SSSR count).